The number of nitrogens with zero attached hydrogens (tertiary/aromatic N) is 1. The molecule has 2 heterocycles. The van der Waals surface area contributed by atoms with Crippen molar-refractivity contribution < 1.29 is 19.0 Å². The fourth-order valence-corrected chi connectivity index (χ4v) is 3.57. The lowest BCUT2D eigenvalue weighted by molar-refractivity contribution is 0.0920. The predicted molar refractivity (Wildman–Crippen MR) is 107 cm³/mol. The summed E-state index contributed by atoms with van der Waals surface area (Å²) in [5.41, 5.74) is 5.67. The first kappa shape index (κ1) is 18.2. The molecule has 5 heteroatoms. The van der Waals surface area contributed by atoms with Crippen LogP contribution in [-0.2, 0) is 0 Å². The predicted octanol–water partition coefficient (Wildman–Crippen LogP) is 4.70. The van der Waals surface area contributed by atoms with E-state index in [1.807, 2.05) is 74.7 Å². The maximum Gasteiger partial charge on any atom is 0.231 e. The van der Waals surface area contributed by atoms with Gasteiger partial charge in [-0.2, -0.15) is 0 Å². The first-order chi connectivity index (χ1) is 13.5. The van der Waals surface area contributed by atoms with Gasteiger partial charge < -0.3 is 18.8 Å². The van der Waals surface area contributed by atoms with Gasteiger partial charge in [0.25, 0.3) is 0 Å². The van der Waals surface area contributed by atoms with Gasteiger partial charge in [0, 0.05) is 28.7 Å². The highest BCUT2D eigenvalue weighted by molar-refractivity contribution is 5.98. The summed E-state index contributed by atoms with van der Waals surface area (Å²) in [6.45, 7) is 8.21. The van der Waals surface area contributed by atoms with E-state index in [9.17, 15) is 4.79 Å². The molecule has 0 unspecified atom stereocenters. The fraction of sp³-hybridized carbons (Fsp3) is 0.261. The molecule has 144 valence electrons. The Labute approximate surface area is 164 Å². The van der Waals surface area contributed by atoms with Crippen LogP contribution in [0.2, 0.25) is 0 Å². The normalized spacial score (nSPS) is 12.3. The molecule has 1 aliphatic rings. The maximum absolute atomic E-state index is 12.8. The van der Waals surface area contributed by atoms with Gasteiger partial charge >= 0.3 is 0 Å². The standard InChI is InChI=1S/C23H23NO4/c1-14-6-5-7-21(16(14)3)26-12-20(25)19-10-15(2)24(17(19)4)18-8-9-22-23(11-18)28-13-27-22/h5-11H,12-13H2,1-4H3. The second-order valence-electron chi connectivity index (χ2n) is 7.07. The van der Waals surface area contributed by atoms with Crippen LogP contribution in [0.5, 0.6) is 17.2 Å². The van der Waals surface area contributed by atoms with Gasteiger partial charge in [-0.25, -0.2) is 0 Å². The van der Waals surface area contributed by atoms with Crippen LogP contribution in [0.3, 0.4) is 0 Å². The molecular weight excluding hydrogens is 354 g/mol. The molecule has 1 aliphatic heterocycles. The zero-order chi connectivity index (χ0) is 19.8. The van der Waals surface area contributed by atoms with Crippen molar-refractivity contribution in [2.45, 2.75) is 27.7 Å². The summed E-state index contributed by atoms with van der Waals surface area (Å²) in [4.78, 5) is 12.8. The van der Waals surface area contributed by atoms with Gasteiger partial charge in [-0.05, 0) is 63.1 Å². The van der Waals surface area contributed by atoms with E-state index in [2.05, 4.69) is 0 Å². The minimum absolute atomic E-state index is 0.00965. The highest BCUT2D eigenvalue weighted by Crippen LogP contribution is 2.35. The first-order valence-corrected chi connectivity index (χ1v) is 9.27. The summed E-state index contributed by atoms with van der Waals surface area (Å²) in [6.07, 6.45) is 0. The number of aryl methyl sites for hydroxylation is 2. The summed E-state index contributed by atoms with van der Waals surface area (Å²) < 4.78 is 18.7. The number of benzene rings is 2. The third kappa shape index (κ3) is 3.13. The van der Waals surface area contributed by atoms with Crippen molar-refractivity contribution in [1.29, 1.82) is 0 Å². The summed E-state index contributed by atoms with van der Waals surface area (Å²) in [5.74, 6) is 2.17. The van der Waals surface area contributed by atoms with Crippen LogP contribution in [0.15, 0.2) is 42.5 Å². The van der Waals surface area contributed by atoms with Gasteiger partial charge in [0.1, 0.15) is 5.75 Å². The molecule has 0 spiro atoms. The van der Waals surface area contributed by atoms with Crippen LogP contribution in [0, 0.1) is 27.7 Å². The Morgan fingerprint density at radius 1 is 1.04 bits per heavy atom. The van der Waals surface area contributed by atoms with Crippen LogP contribution >= 0.6 is 0 Å². The molecule has 0 bridgehead atoms. The van der Waals surface area contributed by atoms with E-state index in [1.165, 1.54) is 0 Å². The second kappa shape index (κ2) is 7.08. The van der Waals surface area contributed by atoms with Crippen LogP contribution in [0.25, 0.3) is 5.69 Å². The molecule has 0 saturated carbocycles. The lowest BCUT2D eigenvalue weighted by Crippen LogP contribution is -2.13. The highest BCUT2D eigenvalue weighted by Gasteiger charge is 2.20. The molecule has 0 radical (unpaired) electrons. The molecule has 5 nitrogen and oxygen atoms in total. The quantitative estimate of drug-likeness (QED) is 0.605. The third-order valence-electron chi connectivity index (χ3n) is 5.26. The van der Waals surface area contributed by atoms with Crippen molar-refractivity contribution in [2.24, 2.45) is 0 Å². The van der Waals surface area contributed by atoms with Crippen molar-refractivity contribution in [3.8, 4) is 22.9 Å². The van der Waals surface area contributed by atoms with Crippen molar-refractivity contribution in [3.05, 3.63) is 70.5 Å². The van der Waals surface area contributed by atoms with Crippen molar-refractivity contribution in [1.82, 2.24) is 4.57 Å². The molecule has 0 fully saturated rings. The molecule has 0 aliphatic carbocycles. The number of hydrogen-bond donors (Lipinski definition) is 0. The monoisotopic (exact) mass is 377 g/mol. The van der Waals surface area contributed by atoms with Crippen LogP contribution in [0.1, 0.15) is 32.9 Å². The summed E-state index contributed by atoms with van der Waals surface area (Å²) >= 11 is 0. The Balaban J connectivity index is 1.58. The first-order valence-electron chi connectivity index (χ1n) is 9.27. The van der Waals surface area contributed by atoms with Gasteiger partial charge in [0.2, 0.25) is 12.6 Å². The topological polar surface area (TPSA) is 49.7 Å². The number of carbonyl (C=O) groups is 1. The summed E-state index contributed by atoms with van der Waals surface area (Å²) in [6, 6.07) is 13.6. The Morgan fingerprint density at radius 2 is 1.82 bits per heavy atom. The number of aromatic nitrogens is 1. The number of ether oxygens (including phenoxy) is 3. The third-order valence-corrected chi connectivity index (χ3v) is 5.26. The van der Waals surface area contributed by atoms with Gasteiger partial charge in [-0.15, -0.1) is 0 Å². The number of fused-ring (bicyclic) bond motifs is 1. The van der Waals surface area contributed by atoms with Crippen molar-refractivity contribution >= 4 is 5.78 Å². The van der Waals surface area contributed by atoms with Crippen molar-refractivity contribution in [3.63, 3.8) is 0 Å². The van der Waals surface area contributed by atoms with E-state index in [0.717, 1.165) is 45.5 Å². The van der Waals surface area contributed by atoms with Crippen LogP contribution in [-0.4, -0.2) is 23.8 Å². The minimum atomic E-state index is -0.0407. The summed E-state index contributed by atoms with van der Waals surface area (Å²) in [5, 5.41) is 0. The molecule has 1 aromatic heterocycles. The molecule has 28 heavy (non-hydrogen) atoms. The van der Waals surface area contributed by atoms with E-state index >= 15 is 0 Å². The molecule has 0 saturated heterocycles. The SMILES string of the molecule is Cc1cccc(OCC(=O)c2cc(C)n(-c3ccc4c(c3)OCO4)c2C)c1C. The Hall–Kier alpha value is -3.21. The molecule has 2 aromatic carbocycles. The van der Waals surface area contributed by atoms with Crippen molar-refractivity contribution in [2.75, 3.05) is 13.4 Å². The van der Waals surface area contributed by atoms with Crippen LogP contribution < -0.4 is 14.2 Å². The zero-order valence-electron chi connectivity index (χ0n) is 16.5. The van der Waals surface area contributed by atoms with Crippen LogP contribution in [0.4, 0.5) is 0 Å². The average Bonchev–Trinajstić information content (AvgIpc) is 3.26. The van der Waals surface area contributed by atoms with E-state index in [4.69, 9.17) is 14.2 Å². The molecule has 3 aromatic rings. The molecule has 0 amide bonds. The van der Waals surface area contributed by atoms with Gasteiger partial charge in [-0.1, -0.05) is 12.1 Å². The Bertz CT molecular complexity index is 1060. The minimum Gasteiger partial charge on any atom is -0.485 e. The van der Waals surface area contributed by atoms with Gasteiger partial charge in [-0.3, -0.25) is 4.79 Å². The number of ketones is 1. The lowest BCUT2D eigenvalue weighted by Gasteiger charge is -2.12. The Kier molecular flexibility index (Phi) is 4.59. The number of Topliss-reactive ketones (excluding diaryl/α,β-unsaturated/α-hetero) is 1. The van der Waals surface area contributed by atoms with Gasteiger partial charge in [0.05, 0.1) is 0 Å². The van der Waals surface area contributed by atoms with E-state index in [-0.39, 0.29) is 19.2 Å². The van der Waals surface area contributed by atoms with E-state index in [0.29, 0.717) is 5.56 Å². The molecule has 0 N–H and O–H groups in total. The number of carbonyl (C=O) groups excluding carboxylic acids is 1. The number of rotatable bonds is 5. The fourth-order valence-electron chi connectivity index (χ4n) is 3.57. The molecule has 4 rings (SSSR count). The zero-order valence-corrected chi connectivity index (χ0v) is 16.5. The molecular formula is C23H23NO4. The van der Waals surface area contributed by atoms with Gasteiger partial charge in [0.15, 0.2) is 18.1 Å². The highest BCUT2D eigenvalue weighted by atomic mass is 16.7. The summed E-state index contributed by atoms with van der Waals surface area (Å²) in [7, 11) is 0. The number of hydrogen-bond acceptors (Lipinski definition) is 4. The van der Waals surface area contributed by atoms with E-state index in [1.54, 1.807) is 0 Å². The Morgan fingerprint density at radius 3 is 2.64 bits per heavy atom. The molecule has 0 atom stereocenters. The lowest BCUT2D eigenvalue weighted by atomic mass is 10.1. The van der Waals surface area contributed by atoms with E-state index < -0.39 is 0 Å². The second-order valence-corrected chi connectivity index (χ2v) is 7.07. The smallest absolute Gasteiger partial charge is 0.231 e. The maximum atomic E-state index is 12.8. The largest absolute Gasteiger partial charge is 0.485 e. The average molecular weight is 377 g/mol.